The highest BCUT2D eigenvalue weighted by Gasteiger charge is 2.45. The van der Waals surface area contributed by atoms with Crippen LogP contribution in [-0.4, -0.2) is 10.7 Å². The van der Waals surface area contributed by atoms with Gasteiger partial charge in [-0.05, 0) is 31.7 Å². The maximum atomic E-state index is 13.5. The molecule has 0 aliphatic heterocycles. The quantitative estimate of drug-likeness (QED) is 0.836. The standard InChI is InChI=1S/C12H14BrFO/c1-12(15,8-6-7-8)11(13)9-4-2-3-5-10(9)14/h2-5,8,11,15H,6-7H2,1H3. The van der Waals surface area contributed by atoms with Crippen LogP contribution in [0.15, 0.2) is 24.3 Å². The molecule has 0 aromatic heterocycles. The molecule has 1 nitrogen and oxygen atoms in total. The van der Waals surface area contributed by atoms with E-state index in [1.54, 1.807) is 25.1 Å². The van der Waals surface area contributed by atoms with E-state index in [1.807, 2.05) is 0 Å². The number of halogens is 2. The zero-order valence-electron chi connectivity index (χ0n) is 8.58. The highest BCUT2D eigenvalue weighted by Crippen LogP contribution is 2.49. The van der Waals surface area contributed by atoms with Crippen molar-refractivity contribution in [1.29, 1.82) is 0 Å². The van der Waals surface area contributed by atoms with Gasteiger partial charge in [0, 0.05) is 5.56 Å². The van der Waals surface area contributed by atoms with Gasteiger partial charge in [-0.3, -0.25) is 0 Å². The minimum atomic E-state index is -0.859. The Morgan fingerprint density at radius 3 is 2.60 bits per heavy atom. The van der Waals surface area contributed by atoms with Gasteiger partial charge in [-0.1, -0.05) is 34.1 Å². The van der Waals surface area contributed by atoms with Crippen molar-refractivity contribution in [3.05, 3.63) is 35.6 Å². The summed E-state index contributed by atoms with van der Waals surface area (Å²) in [6.45, 7) is 1.77. The first-order chi connectivity index (χ1) is 7.03. The normalized spacial score (nSPS) is 22.1. The Balaban J connectivity index is 2.27. The van der Waals surface area contributed by atoms with Gasteiger partial charge in [0.1, 0.15) is 5.82 Å². The van der Waals surface area contributed by atoms with E-state index in [-0.39, 0.29) is 10.6 Å². The summed E-state index contributed by atoms with van der Waals surface area (Å²) >= 11 is 3.41. The van der Waals surface area contributed by atoms with Crippen molar-refractivity contribution in [2.45, 2.75) is 30.2 Å². The molecule has 15 heavy (non-hydrogen) atoms. The van der Waals surface area contributed by atoms with Gasteiger partial charge >= 0.3 is 0 Å². The molecule has 1 aromatic carbocycles. The van der Waals surface area contributed by atoms with Gasteiger partial charge in [0.05, 0.1) is 10.4 Å². The van der Waals surface area contributed by atoms with Crippen molar-refractivity contribution in [3.8, 4) is 0 Å². The van der Waals surface area contributed by atoms with Crippen molar-refractivity contribution in [2.75, 3.05) is 0 Å². The van der Waals surface area contributed by atoms with Gasteiger partial charge in [0.25, 0.3) is 0 Å². The Bertz CT molecular complexity index is 360. The number of benzene rings is 1. The smallest absolute Gasteiger partial charge is 0.127 e. The average Bonchev–Trinajstić information content (AvgIpc) is 3.00. The zero-order chi connectivity index (χ0) is 11.1. The van der Waals surface area contributed by atoms with E-state index < -0.39 is 5.60 Å². The maximum Gasteiger partial charge on any atom is 0.127 e. The largest absolute Gasteiger partial charge is 0.388 e. The average molecular weight is 273 g/mol. The Labute approximate surface area is 97.4 Å². The van der Waals surface area contributed by atoms with Crippen LogP contribution >= 0.6 is 15.9 Å². The van der Waals surface area contributed by atoms with E-state index in [1.165, 1.54) is 6.07 Å². The highest BCUT2D eigenvalue weighted by atomic mass is 79.9. The molecule has 1 aliphatic carbocycles. The van der Waals surface area contributed by atoms with Crippen LogP contribution in [0.5, 0.6) is 0 Å². The lowest BCUT2D eigenvalue weighted by molar-refractivity contribution is 0.0351. The maximum absolute atomic E-state index is 13.5. The number of aliphatic hydroxyl groups is 1. The second-order valence-corrected chi connectivity index (χ2v) is 5.30. The summed E-state index contributed by atoms with van der Waals surface area (Å²) in [4.78, 5) is -0.335. The Kier molecular flexibility index (Phi) is 2.86. The van der Waals surface area contributed by atoms with Crippen LogP contribution in [0.3, 0.4) is 0 Å². The van der Waals surface area contributed by atoms with Gasteiger partial charge in [-0.25, -0.2) is 4.39 Å². The fraction of sp³-hybridized carbons (Fsp3) is 0.500. The lowest BCUT2D eigenvalue weighted by atomic mass is 9.91. The summed E-state index contributed by atoms with van der Waals surface area (Å²) in [6.07, 6.45) is 2.06. The molecule has 3 heteroatoms. The van der Waals surface area contributed by atoms with Crippen molar-refractivity contribution < 1.29 is 9.50 Å². The first-order valence-corrected chi connectivity index (χ1v) is 6.06. The molecule has 2 unspecified atom stereocenters. The molecular formula is C12H14BrFO. The minimum Gasteiger partial charge on any atom is -0.388 e. The van der Waals surface area contributed by atoms with E-state index in [0.717, 1.165) is 12.8 Å². The molecule has 0 saturated heterocycles. The summed E-state index contributed by atoms with van der Waals surface area (Å²) in [5.41, 5.74) is -0.322. The molecule has 0 bridgehead atoms. The van der Waals surface area contributed by atoms with Gasteiger partial charge in [0.2, 0.25) is 0 Å². The molecule has 2 rings (SSSR count). The molecule has 0 heterocycles. The van der Waals surface area contributed by atoms with Crippen molar-refractivity contribution in [1.82, 2.24) is 0 Å². The van der Waals surface area contributed by atoms with Crippen LogP contribution in [-0.2, 0) is 0 Å². The van der Waals surface area contributed by atoms with Crippen LogP contribution < -0.4 is 0 Å². The van der Waals surface area contributed by atoms with Gasteiger partial charge < -0.3 is 5.11 Å². The molecule has 1 saturated carbocycles. The zero-order valence-corrected chi connectivity index (χ0v) is 10.2. The Hall–Kier alpha value is -0.410. The summed E-state index contributed by atoms with van der Waals surface area (Å²) < 4.78 is 13.5. The van der Waals surface area contributed by atoms with Gasteiger partial charge in [-0.15, -0.1) is 0 Å². The Morgan fingerprint density at radius 1 is 1.47 bits per heavy atom. The third-order valence-electron chi connectivity index (χ3n) is 3.10. The molecule has 1 aliphatic rings. The van der Waals surface area contributed by atoms with E-state index in [2.05, 4.69) is 15.9 Å². The second kappa shape index (κ2) is 3.87. The van der Waals surface area contributed by atoms with Gasteiger partial charge in [0.15, 0.2) is 0 Å². The molecule has 1 N–H and O–H groups in total. The molecule has 1 fully saturated rings. The lowest BCUT2D eigenvalue weighted by Gasteiger charge is -2.29. The van der Waals surface area contributed by atoms with Crippen molar-refractivity contribution in [2.24, 2.45) is 5.92 Å². The predicted octanol–water partition coefficient (Wildman–Crippen LogP) is 3.42. The van der Waals surface area contributed by atoms with Crippen LogP contribution in [0.1, 0.15) is 30.2 Å². The molecule has 1 aromatic rings. The fourth-order valence-corrected chi connectivity index (χ4v) is 2.62. The summed E-state index contributed by atoms with van der Waals surface area (Å²) in [5.74, 6) is 0.0294. The predicted molar refractivity (Wildman–Crippen MR) is 61.4 cm³/mol. The molecule has 0 amide bonds. The van der Waals surface area contributed by atoms with Crippen molar-refractivity contribution >= 4 is 15.9 Å². The highest BCUT2D eigenvalue weighted by molar-refractivity contribution is 9.09. The lowest BCUT2D eigenvalue weighted by Crippen LogP contribution is -2.32. The van der Waals surface area contributed by atoms with Gasteiger partial charge in [-0.2, -0.15) is 0 Å². The minimum absolute atomic E-state index is 0.264. The topological polar surface area (TPSA) is 20.2 Å². The molecule has 2 atom stereocenters. The SMILES string of the molecule is CC(O)(C1CC1)C(Br)c1ccccc1F. The molecule has 0 radical (unpaired) electrons. The number of hydrogen-bond donors (Lipinski definition) is 1. The fourth-order valence-electron chi connectivity index (χ4n) is 1.87. The van der Waals surface area contributed by atoms with E-state index >= 15 is 0 Å². The first kappa shape index (κ1) is 11.1. The Morgan fingerprint density at radius 2 is 2.07 bits per heavy atom. The monoisotopic (exact) mass is 272 g/mol. The van der Waals surface area contributed by atoms with Crippen LogP contribution in [0, 0.1) is 11.7 Å². The summed E-state index contributed by atoms with van der Waals surface area (Å²) in [6, 6.07) is 6.58. The summed E-state index contributed by atoms with van der Waals surface area (Å²) in [7, 11) is 0. The summed E-state index contributed by atoms with van der Waals surface area (Å²) in [5, 5.41) is 10.3. The molecular weight excluding hydrogens is 259 g/mol. The van der Waals surface area contributed by atoms with Crippen LogP contribution in [0.2, 0.25) is 0 Å². The van der Waals surface area contributed by atoms with E-state index in [4.69, 9.17) is 0 Å². The van der Waals surface area contributed by atoms with Crippen LogP contribution in [0.25, 0.3) is 0 Å². The van der Waals surface area contributed by atoms with Crippen LogP contribution in [0.4, 0.5) is 4.39 Å². The molecule has 0 spiro atoms. The van der Waals surface area contributed by atoms with Crippen molar-refractivity contribution in [3.63, 3.8) is 0 Å². The third-order valence-corrected chi connectivity index (χ3v) is 4.52. The third kappa shape index (κ3) is 2.08. The second-order valence-electron chi connectivity index (χ2n) is 4.38. The van der Waals surface area contributed by atoms with E-state index in [0.29, 0.717) is 11.5 Å². The number of hydrogen-bond acceptors (Lipinski definition) is 1. The number of rotatable bonds is 3. The van der Waals surface area contributed by atoms with E-state index in [9.17, 15) is 9.50 Å². The molecule has 82 valence electrons. The first-order valence-electron chi connectivity index (χ1n) is 5.14. The number of alkyl halides is 1.